The fraction of sp³-hybridized carbons (Fsp3) is 0.400. The van der Waals surface area contributed by atoms with Crippen LogP contribution in [0.4, 0.5) is 5.69 Å². The third-order valence-corrected chi connectivity index (χ3v) is 5.65. The Bertz CT molecular complexity index is 858. The van der Waals surface area contributed by atoms with E-state index in [0.717, 1.165) is 31.5 Å². The van der Waals surface area contributed by atoms with E-state index in [2.05, 4.69) is 27.4 Å². The maximum Gasteiger partial charge on any atom is 0.253 e. The van der Waals surface area contributed by atoms with Gasteiger partial charge in [-0.1, -0.05) is 42.8 Å². The van der Waals surface area contributed by atoms with Gasteiger partial charge in [0.15, 0.2) is 5.16 Å². The van der Waals surface area contributed by atoms with Gasteiger partial charge in [-0.25, -0.2) is 0 Å². The SMILES string of the molecule is C=CCn1c(C)nnc1SCC(=O)Nc1ccccc1C(=O)NC1CCCC1. The van der Waals surface area contributed by atoms with Crippen LogP contribution in [-0.2, 0) is 11.3 Å². The highest BCUT2D eigenvalue weighted by molar-refractivity contribution is 7.99. The van der Waals surface area contributed by atoms with Gasteiger partial charge in [-0.15, -0.1) is 16.8 Å². The Labute approximate surface area is 169 Å². The van der Waals surface area contributed by atoms with E-state index in [1.807, 2.05) is 11.5 Å². The zero-order valence-electron chi connectivity index (χ0n) is 16.0. The number of para-hydroxylation sites is 1. The average Bonchev–Trinajstić information content (AvgIpc) is 3.31. The standard InChI is InChI=1S/C20H25N5O2S/c1-3-12-25-14(2)23-24-20(25)28-13-18(26)22-17-11-7-6-10-16(17)19(27)21-15-8-4-5-9-15/h3,6-7,10-11,15H,1,4-5,8-9,12-13H2,2H3,(H,21,27)(H,22,26). The van der Waals surface area contributed by atoms with E-state index < -0.39 is 0 Å². The molecule has 0 spiro atoms. The van der Waals surface area contributed by atoms with Crippen LogP contribution in [0.3, 0.4) is 0 Å². The molecule has 1 aromatic carbocycles. The number of hydrogen-bond donors (Lipinski definition) is 2. The second kappa shape index (κ2) is 9.54. The molecule has 8 heteroatoms. The maximum atomic E-state index is 12.6. The van der Waals surface area contributed by atoms with Crippen molar-refractivity contribution in [2.45, 2.75) is 50.4 Å². The number of amides is 2. The predicted octanol–water partition coefficient (Wildman–Crippen LogP) is 3.18. The number of allylic oxidation sites excluding steroid dienone is 1. The van der Waals surface area contributed by atoms with E-state index in [1.165, 1.54) is 11.8 Å². The summed E-state index contributed by atoms with van der Waals surface area (Å²) in [6.07, 6.45) is 6.09. The summed E-state index contributed by atoms with van der Waals surface area (Å²) >= 11 is 1.30. The van der Waals surface area contributed by atoms with Crippen LogP contribution in [0.1, 0.15) is 41.9 Å². The highest BCUT2D eigenvalue weighted by Crippen LogP contribution is 2.21. The van der Waals surface area contributed by atoms with Gasteiger partial charge in [-0.05, 0) is 31.9 Å². The van der Waals surface area contributed by atoms with Crippen LogP contribution in [0.25, 0.3) is 0 Å². The molecule has 7 nitrogen and oxygen atoms in total. The predicted molar refractivity (Wildman–Crippen MR) is 110 cm³/mol. The van der Waals surface area contributed by atoms with Gasteiger partial charge in [0.2, 0.25) is 5.91 Å². The van der Waals surface area contributed by atoms with Gasteiger partial charge in [0.1, 0.15) is 5.82 Å². The zero-order chi connectivity index (χ0) is 19.9. The van der Waals surface area contributed by atoms with Crippen molar-refractivity contribution >= 4 is 29.3 Å². The lowest BCUT2D eigenvalue weighted by molar-refractivity contribution is -0.113. The van der Waals surface area contributed by atoms with Crippen molar-refractivity contribution < 1.29 is 9.59 Å². The van der Waals surface area contributed by atoms with Crippen LogP contribution >= 0.6 is 11.8 Å². The second-order valence-electron chi connectivity index (χ2n) is 6.77. The van der Waals surface area contributed by atoms with Gasteiger partial charge in [0, 0.05) is 12.6 Å². The molecule has 0 saturated heterocycles. The van der Waals surface area contributed by atoms with Gasteiger partial charge >= 0.3 is 0 Å². The number of rotatable bonds is 8. The van der Waals surface area contributed by atoms with Crippen LogP contribution in [0.15, 0.2) is 42.1 Å². The van der Waals surface area contributed by atoms with E-state index in [9.17, 15) is 9.59 Å². The number of hydrogen-bond acceptors (Lipinski definition) is 5. The molecule has 1 aliphatic rings. The quantitative estimate of drug-likeness (QED) is 0.526. The molecule has 2 aromatic rings. The molecule has 1 heterocycles. The second-order valence-corrected chi connectivity index (χ2v) is 7.71. The molecule has 1 saturated carbocycles. The average molecular weight is 400 g/mol. The van der Waals surface area contributed by atoms with Crippen LogP contribution in [-0.4, -0.2) is 38.4 Å². The highest BCUT2D eigenvalue weighted by atomic mass is 32.2. The first kappa shape index (κ1) is 20.1. The summed E-state index contributed by atoms with van der Waals surface area (Å²) in [7, 11) is 0. The molecule has 28 heavy (non-hydrogen) atoms. The number of carbonyl (C=O) groups excluding carboxylic acids is 2. The monoisotopic (exact) mass is 399 g/mol. The van der Waals surface area contributed by atoms with Crippen molar-refractivity contribution in [3.63, 3.8) is 0 Å². The maximum absolute atomic E-state index is 12.6. The third-order valence-electron chi connectivity index (χ3n) is 4.68. The fourth-order valence-corrected chi connectivity index (χ4v) is 4.04. The first-order chi connectivity index (χ1) is 13.6. The molecule has 0 atom stereocenters. The Morgan fingerprint density at radius 2 is 2.04 bits per heavy atom. The number of aromatic nitrogens is 3. The summed E-state index contributed by atoms with van der Waals surface area (Å²) in [4.78, 5) is 25.0. The van der Waals surface area contributed by atoms with Crippen molar-refractivity contribution in [1.29, 1.82) is 0 Å². The Hall–Kier alpha value is -2.61. The molecular formula is C20H25N5O2S. The molecule has 148 valence electrons. The van der Waals surface area contributed by atoms with E-state index >= 15 is 0 Å². The summed E-state index contributed by atoms with van der Waals surface area (Å²) in [5.74, 6) is 0.610. The molecule has 0 unspecified atom stereocenters. The summed E-state index contributed by atoms with van der Waals surface area (Å²) in [6.45, 7) is 6.18. The molecule has 1 fully saturated rings. The summed E-state index contributed by atoms with van der Waals surface area (Å²) in [5.41, 5.74) is 1.01. The van der Waals surface area contributed by atoms with Crippen molar-refractivity contribution in [3.05, 3.63) is 48.3 Å². The number of anilines is 1. The number of benzene rings is 1. The summed E-state index contributed by atoms with van der Waals surface area (Å²) in [5, 5.41) is 14.7. The van der Waals surface area contributed by atoms with Gasteiger partial charge in [-0.3, -0.25) is 9.59 Å². The number of nitrogens with zero attached hydrogens (tertiary/aromatic N) is 3. The Kier molecular flexibility index (Phi) is 6.86. The largest absolute Gasteiger partial charge is 0.349 e. The Morgan fingerprint density at radius 1 is 1.29 bits per heavy atom. The first-order valence-corrected chi connectivity index (χ1v) is 10.4. The molecule has 1 aromatic heterocycles. The van der Waals surface area contributed by atoms with Crippen molar-refractivity contribution in [3.8, 4) is 0 Å². The minimum atomic E-state index is -0.197. The number of carbonyl (C=O) groups is 2. The number of aryl methyl sites for hydroxylation is 1. The normalized spacial score (nSPS) is 14.0. The van der Waals surface area contributed by atoms with Gasteiger partial charge in [-0.2, -0.15) is 0 Å². The smallest absolute Gasteiger partial charge is 0.253 e. The molecule has 2 N–H and O–H groups in total. The van der Waals surface area contributed by atoms with Crippen LogP contribution in [0.2, 0.25) is 0 Å². The van der Waals surface area contributed by atoms with Crippen molar-refractivity contribution in [2.75, 3.05) is 11.1 Å². The molecule has 3 rings (SSSR count). The minimum Gasteiger partial charge on any atom is -0.349 e. The molecule has 0 bridgehead atoms. The lowest BCUT2D eigenvalue weighted by atomic mass is 10.1. The molecular weight excluding hydrogens is 374 g/mol. The molecule has 0 radical (unpaired) electrons. The highest BCUT2D eigenvalue weighted by Gasteiger charge is 2.20. The Morgan fingerprint density at radius 3 is 2.79 bits per heavy atom. The van der Waals surface area contributed by atoms with E-state index in [0.29, 0.717) is 23.0 Å². The molecule has 2 amide bonds. The van der Waals surface area contributed by atoms with E-state index in [4.69, 9.17) is 0 Å². The van der Waals surface area contributed by atoms with Crippen molar-refractivity contribution in [1.82, 2.24) is 20.1 Å². The summed E-state index contributed by atoms with van der Waals surface area (Å²) < 4.78 is 1.90. The third kappa shape index (κ3) is 5.01. The Balaban J connectivity index is 1.61. The molecule has 0 aliphatic heterocycles. The first-order valence-electron chi connectivity index (χ1n) is 9.41. The topological polar surface area (TPSA) is 88.9 Å². The number of nitrogens with one attached hydrogen (secondary N) is 2. The lowest BCUT2D eigenvalue weighted by Gasteiger charge is -2.15. The van der Waals surface area contributed by atoms with Gasteiger partial charge in [0.25, 0.3) is 5.91 Å². The fourth-order valence-electron chi connectivity index (χ4n) is 3.25. The molecule has 1 aliphatic carbocycles. The van der Waals surface area contributed by atoms with E-state index in [1.54, 1.807) is 30.3 Å². The lowest BCUT2D eigenvalue weighted by Crippen LogP contribution is -2.33. The van der Waals surface area contributed by atoms with Crippen LogP contribution in [0.5, 0.6) is 0 Å². The van der Waals surface area contributed by atoms with Crippen LogP contribution in [0, 0.1) is 6.92 Å². The van der Waals surface area contributed by atoms with Gasteiger partial charge in [0.05, 0.1) is 17.0 Å². The van der Waals surface area contributed by atoms with E-state index in [-0.39, 0.29) is 23.6 Å². The van der Waals surface area contributed by atoms with Gasteiger partial charge < -0.3 is 15.2 Å². The van der Waals surface area contributed by atoms with Crippen LogP contribution < -0.4 is 10.6 Å². The number of thioether (sulfide) groups is 1. The summed E-state index contributed by atoms with van der Waals surface area (Å²) in [6, 6.07) is 7.31. The zero-order valence-corrected chi connectivity index (χ0v) is 16.8. The van der Waals surface area contributed by atoms with Crippen molar-refractivity contribution in [2.24, 2.45) is 0 Å². The minimum absolute atomic E-state index is 0.142.